The summed E-state index contributed by atoms with van der Waals surface area (Å²) in [5.41, 5.74) is 6.63. The van der Waals surface area contributed by atoms with Crippen LogP contribution in [-0.4, -0.2) is 13.4 Å². The van der Waals surface area contributed by atoms with Crippen LogP contribution in [0.2, 0.25) is 0 Å². The summed E-state index contributed by atoms with van der Waals surface area (Å²) in [4.78, 5) is 0. The Bertz CT molecular complexity index is 366. The lowest BCUT2D eigenvalue weighted by Crippen LogP contribution is -2.03. The van der Waals surface area contributed by atoms with Crippen molar-refractivity contribution in [3.63, 3.8) is 0 Å². The minimum Gasteiger partial charge on any atom is -0.493 e. The Labute approximate surface area is 95.3 Å². The number of fused-ring (bicyclic) bond motifs is 1. The largest absolute Gasteiger partial charge is 0.493 e. The first-order valence-corrected chi connectivity index (χ1v) is 5.60. The Morgan fingerprint density at radius 2 is 2.06 bits per heavy atom. The fourth-order valence-corrected chi connectivity index (χ4v) is 1.59. The Balaban J connectivity index is 2.15. The fourth-order valence-electron chi connectivity index (χ4n) is 1.59. The lowest BCUT2D eigenvalue weighted by molar-refractivity contribution is 0.173. The molecule has 0 saturated heterocycles. The first kappa shape index (κ1) is 11.1. The van der Waals surface area contributed by atoms with Crippen LogP contribution in [0.25, 0.3) is 0 Å². The Morgan fingerprint density at radius 1 is 1.31 bits per heavy atom. The molecular formula is C12H17NO3. The van der Waals surface area contributed by atoms with Crippen molar-refractivity contribution in [3.05, 3.63) is 17.7 Å². The standard InChI is InChI=1S/C12H17NO3/c1-2-3-4-14-10-6-12-11(15-8-16-12)5-9(10)7-13/h5-6H,2-4,7-8,13H2,1H3. The third-order valence-corrected chi connectivity index (χ3v) is 2.53. The van der Waals surface area contributed by atoms with Crippen molar-refractivity contribution in [1.29, 1.82) is 0 Å². The van der Waals surface area contributed by atoms with E-state index in [1.54, 1.807) is 0 Å². The van der Waals surface area contributed by atoms with Crippen LogP contribution in [0, 0.1) is 0 Å². The van der Waals surface area contributed by atoms with Crippen molar-refractivity contribution in [3.8, 4) is 17.2 Å². The second-order valence-corrected chi connectivity index (χ2v) is 3.72. The number of hydrogen-bond acceptors (Lipinski definition) is 4. The molecule has 1 heterocycles. The van der Waals surface area contributed by atoms with Crippen molar-refractivity contribution < 1.29 is 14.2 Å². The number of benzene rings is 1. The summed E-state index contributed by atoms with van der Waals surface area (Å²) in [5.74, 6) is 2.30. The molecule has 4 nitrogen and oxygen atoms in total. The zero-order valence-electron chi connectivity index (χ0n) is 9.49. The maximum absolute atomic E-state index is 5.68. The number of hydrogen-bond donors (Lipinski definition) is 1. The molecule has 0 fully saturated rings. The van der Waals surface area contributed by atoms with Crippen LogP contribution in [0.4, 0.5) is 0 Å². The number of ether oxygens (including phenoxy) is 3. The second-order valence-electron chi connectivity index (χ2n) is 3.72. The molecule has 0 unspecified atom stereocenters. The molecule has 16 heavy (non-hydrogen) atoms. The Morgan fingerprint density at radius 3 is 2.75 bits per heavy atom. The molecule has 0 spiro atoms. The van der Waals surface area contributed by atoms with Crippen LogP contribution in [0.15, 0.2) is 12.1 Å². The van der Waals surface area contributed by atoms with Gasteiger partial charge in [0, 0.05) is 18.2 Å². The highest BCUT2D eigenvalue weighted by Crippen LogP contribution is 2.38. The van der Waals surface area contributed by atoms with Gasteiger partial charge in [-0.3, -0.25) is 0 Å². The summed E-state index contributed by atoms with van der Waals surface area (Å²) >= 11 is 0. The van der Waals surface area contributed by atoms with E-state index < -0.39 is 0 Å². The van der Waals surface area contributed by atoms with Crippen molar-refractivity contribution in [1.82, 2.24) is 0 Å². The van der Waals surface area contributed by atoms with E-state index in [2.05, 4.69) is 6.92 Å². The van der Waals surface area contributed by atoms with Gasteiger partial charge in [-0.25, -0.2) is 0 Å². The van der Waals surface area contributed by atoms with Crippen LogP contribution < -0.4 is 19.9 Å². The minimum atomic E-state index is 0.276. The maximum Gasteiger partial charge on any atom is 0.231 e. The van der Waals surface area contributed by atoms with Gasteiger partial charge in [0.1, 0.15) is 5.75 Å². The third-order valence-electron chi connectivity index (χ3n) is 2.53. The molecule has 1 aliphatic rings. The highest BCUT2D eigenvalue weighted by Gasteiger charge is 2.17. The average Bonchev–Trinajstić information content (AvgIpc) is 2.75. The molecule has 1 aromatic carbocycles. The molecule has 2 N–H and O–H groups in total. The number of rotatable bonds is 5. The van der Waals surface area contributed by atoms with Crippen molar-refractivity contribution in [2.45, 2.75) is 26.3 Å². The third kappa shape index (κ3) is 2.22. The molecule has 4 heteroatoms. The molecule has 88 valence electrons. The topological polar surface area (TPSA) is 53.7 Å². The van der Waals surface area contributed by atoms with Gasteiger partial charge in [-0.1, -0.05) is 13.3 Å². The van der Waals surface area contributed by atoms with E-state index in [1.807, 2.05) is 12.1 Å². The molecule has 0 aliphatic carbocycles. The molecule has 0 saturated carbocycles. The summed E-state index contributed by atoms with van der Waals surface area (Å²) < 4.78 is 16.3. The van der Waals surface area contributed by atoms with Gasteiger partial charge < -0.3 is 19.9 Å². The summed E-state index contributed by atoms with van der Waals surface area (Å²) in [7, 11) is 0. The molecule has 0 radical (unpaired) electrons. The number of nitrogens with two attached hydrogens (primary N) is 1. The van der Waals surface area contributed by atoms with Gasteiger partial charge in [-0.2, -0.15) is 0 Å². The Hall–Kier alpha value is -1.42. The summed E-state index contributed by atoms with van der Waals surface area (Å²) in [6, 6.07) is 3.75. The predicted octanol–water partition coefficient (Wildman–Crippen LogP) is 2.05. The SMILES string of the molecule is CCCCOc1cc2c(cc1CN)OCO2. The van der Waals surface area contributed by atoms with E-state index in [1.165, 1.54) is 0 Å². The van der Waals surface area contributed by atoms with Crippen LogP contribution >= 0.6 is 0 Å². The van der Waals surface area contributed by atoms with Gasteiger partial charge >= 0.3 is 0 Å². The zero-order chi connectivity index (χ0) is 11.4. The van der Waals surface area contributed by atoms with Crippen LogP contribution in [0.3, 0.4) is 0 Å². The van der Waals surface area contributed by atoms with Gasteiger partial charge in [0.05, 0.1) is 6.61 Å². The monoisotopic (exact) mass is 223 g/mol. The highest BCUT2D eigenvalue weighted by molar-refractivity contribution is 5.51. The first-order valence-electron chi connectivity index (χ1n) is 5.60. The molecule has 0 amide bonds. The molecular weight excluding hydrogens is 206 g/mol. The molecule has 0 atom stereocenters. The fraction of sp³-hybridized carbons (Fsp3) is 0.500. The summed E-state index contributed by atoms with van der Waals surface area (Å²) in [6.45, 7) is 3.56. The quantitative estimate of drug-likeness (QED) is 0.776. The Kier molecular flexibility index (Phi) is 3.51. The van der Waals surface area contributed by atoms with Crippen LogP contribution in [0.5, 0.6) is 17.2 Å². The normalized spacial score (nSPS) is 12.9. The molecule has 0 bridgehead atoms. The van der Waals surface area contributed by atoms with Gasteiger partial charge in [-0.05, 0) is 12.5 Å². The van der Waals surface area contributed by atoms with Crippen LogP contribution in [-0.2, 0) is 6.54 Å². The van der Waals surface area contributed by atoms with E-state index in [0.717, 1.165) is 35.7 Å². The smallest absolute Gasteiger partial charge is 0.231 e. The average molecular weight is 223 g/mol. The lowest BCUT2D eigenvalue weighted by Gasteiger charge is -2.10. The molecule has 2 rings (SSSR count). The van der Waals surface area contributed by atoms with E-state index in [-0.39, 0.29) is 6.79 Å². The predicted molar refractivity (Wildman–Crippen MR) is 60.9 cm³/mol. The van der Waals surface area contributed by atoms with Gasteiger partial charge in [0.2, 0.25) is 6.79 Å². The summed E-state index contributed by atoms with van der Waals surface area (Å²) in [6.07, 6.45) is 2.15. The van der Waals surface area contributed by atoms with Crippen molar-refractivity contribution in [2.24, 2.45) is 5.73 Å². The second kappa shape index (κ2) is 5.07. The van der Waals surface area contributed by atoms with E-state index >= 15 is 0 Å². The number of unbranched alkanes of at least 4 members (excludes halogenated alkanes) is 1. The maximum atomic E-state index is 5.68. The van der Waals surface area contributed by atoms with Gasteiger partial charge in [0.15, 0.2) is 11.5 Å². The zero-order valence-corrected chi connectivity index (χ0v) is 9.49. The van der Waals surface area contributed by atoms with E-state index in [4.69, 9.17) is 19.9 Å². The molecule has 1 aromatic rings. The first-order chi connectivity index (χ1) is 7.85. The van der Waals surface area contributed by atoms with Crippen LogP contribution in [0.1, 0.15) is 25.3 Å². The summed E-state index contributed by atoms with van der Waals surface area (Å²) in [5, 5.41) is 0. The van der Waals surface area contributed by atoms with E-state index in [0.29, 0.717) is 13.2 Å². The van der Waals surface area contributed by atoms with Gasteiger partial charge in [0.25, 0.3) is 0 Å². The van der Waals surface area contributed by atoms with E-state index in [9.17, 15) is 0 Å². The lowest BCUT2D eigenvalue weighted by atomic mass is 10.2. The minimum absolute atomic E-state index is 0.276. The molecule has 0 aromatic heterocycles. The van der Waals surface area contributed by atoms with Gasteiger partial charge in [-0.15, -0.1) is 0 Å². The van der Waals surface area contributed by atoms with Crippen molar-refractivity contribution in [2.75, 3.05) is 13.4 Å². The highest BCUT2D eigenvalue weighted by atomic mass is 16.7. The molecule has 1 aliphatic heterocycles. The van der Waals surface area contributed by atoms with Crippen molar-refractivity contribution >= 4 is 0 Å².